The summed E-state index contributed by atoms with van der Waals surface area (Å²) in [4.78, 5) is 17.6. The van der Waals surface area contributed by atoms with E-state index in [-0.39, 0.29) is 26.2 Å². The van der Waals surface area contributed by atoms with E-state index in [0.29, 0.717) is 10.7 Å². The van der Waals surface area contributed by atoms with Crippen molar-refractivity contribution in [1.29, 1.82) is 0 Å². The van der Waals surface area contributed by atoms with E-state index in [1.807, 2.05) is 0 Å². The van der Waals surface area contributed by atoms with Crippen LogP contribution in [-0.2, 0) is 4.79 Å². The highest BCUT2D eigenvalue weighted by atomic mass is 19.4. The molecule has 9 heteroatoms. The van der Waals surface area contributed by atoms with Gasteiger partial charge in [-0.05, 0) is 12.1 Å². The van der Waals surface area contributed by atoms with Gasteiger partial charge in [-0.15, -0.1) is 0 Å². The average molecular weight is 309 g/mol. The zero-order chi connectivity index (χ0) is 15.7. The van der Waals surface area contributed by atoms with Gasteiger partial charge >= 0.3 is 18.0 Å². The van der Waals surface area contributed by atoms with Crippen LogP contribution in [0.1, 0.15) is 0 Å². The molecule has 2 rings (SSSR count). The Balaban J connectivity index is 2.00. The Labute approximate surface area is 117 Å². The van der Waals surface area contributed by atoms with Gasteiger partial charge in [0.1, 0.15) is 5.82 Å². The van der Waals surface area contributed by atoms with Crippen molar-refractivity contribution < 1.29 is 26.7 Å². The van der Waals surface area contributed by atoms with E-state index >= 15 is 0 Å². The number of rotatable bonds is 2. The molecule has 116 valence electrons. The predicted octanol–water partition coefficient (Wildman–Crippen LogP) is 1.93. The minimum absolute atomic E-state index is 0.149. The van der Waals surface area contributed by atoms with Crippen LogP contribution in [0.5, 0.6) is 0 Å². The molecule has 1 saturated heterocycles. The number of aromatic nitrogens is 1. The van der Waals surface area contributed by atoms with E-state index in [1.54, 1.807) is 29.3 Å². The number of carbonyl (C=O) groups excluding carboxylic acids is 1. The third-order valence-electron chi connectivity index (χ3n) is 3.16. The van der Waals surface area contributed by atoms with Crippen LogP contribution < -0.4 is 4.90 Å². The SMILES string of the molecule is O=C(N1CCN(c2ccccn2)CC1)C(F)(F)C(F)(F)F. The summed E-state index contributed by atoms with van der Waals surface area (Å²) in [6.45, 7) is -0.116. The van der Waals surface area contributed by atoms with Crippen molar-refractivity contribution in [3.05, 3.63) is 24.4 Å². The molecule has 0 N–H and O–H groups in total. The smallest absolute Gasteiger partial charge is 0.353 e. The quantitative estimate of drug-likeness (QED) is 0.783. The molecule has 0 aromatic carbocycles. The number of alkyl halides is 5. The summed E-state index contributed by atoms with van der Waals surface area (Å²) >= 11 is 0. The van der Waals surface area contributed by atoms with Crippen LogP contribution in [0.25, 0.3) is 0 Å². The summed E-state index contributed by atoms with van der Waals surface area (Å²) in [6.07, 6.45) is -4.33. The van der Waals surface area contributed by atoms with Gasteiger partial charge in [-0.2, -0.15) is 22.0 Å². The molecule has 0 spiro atoms. The highest BCUT2D eigenvalue weighted by Gasteiger charge is 2.64. The second kappa shape index (κ2) is 5.45. The van der Waals surface area contributed by atoms with Crippen molar-refractivity contribution >= 4 is 11.7 Å². The number of hydrogen-bond acceptors (Lipinski definition) is 3. The minimum Gasteiger partial charge on any atom is -0.353 e. The van der Waals surface area contributed by atoms with Crippen molar-refractivity contribution in [3.8, 4) is 0 Å². The Morgan fingerprint density at radius 2 is 1.67 bits per heavy atom. The third-order valence-corrected chi connectivity index (χ3v) is 3.16. The average Bonchev–Trinajstić information content (AvgIpc) is 2.46. The second-order valence-corrected chi connectivity index (χ2v) is 4.54. The second-order valence-electron chi connectivity index (χ2n) is 4.54. The molecular formula is C12H12F5N3O. The standard InChI is InChI=1S/C12H12F5N3O/c13-11(14,12(15,16)17)10(21)20-7-5-19(6-8-20)9-3-1-2-4-18-9/h1-4H,5-8H2. The Kier molecular flexibility index (Phi) is 4.02. The first-order chi connectivity index (χ1) is 9.73. The summed E-state index contributed by atoms with van der Waals surface area (Å²) < 4.78 is 62.5. The molecule has 1 fully saturated rings. The zero-order valence-corrected chi connectivity index (χ0v) is 10.8. The third kappa shape index (κ3) is 3.06. The van der Waals surface area contributed by atoms with Gasteiger partial charge < -0.3 is 9.80 Å². The Morgan fingerprint density at radius 3 is 2.14 bits per heavy atom. The molecule has 0 aliphatic carbocycles. The molecule has 21 heavy (non-hydrogen) atoms. The lowest BCUT2D eigenvalue weighted by atomic mass is 10.2. The molecular weight excluding hydrogens is 297 g/mol. The fourth-order valence-corrected chi connectivity index (χ4v) is 2.00. The van der Waals surface area contributed by atoms with E-state index in [0.717, 1.165) is 0 Å². The van der Waals surface area contributed by atoms with Crippen LogP contribution in [0, 0.1) is 0 Å². The number of anilines is 1. The van der Waals surface area contributed by atoms with Crippen molar-refractivity contribution in [3.63, 3.8) is 0 Å². The van der Waals surface area contributed by atoms with E-state index in [4.69, 9.17) is 0 Å². The summed E-state index contributed by atoms with van der Waals surface area (Å²) in [6, 6.07) is 5.13. The van der Waals surface area contributed by atoms with Crippen LogP contribution >= 0.6 is 0 Å². The molecule has 0 atom stereocenters. The van der Waals surface area contributed by atoms with Crippen molar-refractivity contribution in [2.24, 2.45) is 0 Å². The molecule has 0 radical (unpaired) electrons. The van der Waals surface area contributed by atoms with Gasteiger partial charge in [-0.25, -0.2) is 4.98 Å². The van der Waals surface area contributed by atoms with E-state index < -0.39 is 18.0 Å². The maximum Gasteiger partial charge on any atom is 0.463 e. The normalized spacial score (nSPS) is 17.0. The summed E-state index contributed by atoms with van der Waals surface area (Å²) in [5.41, 5.74) is 0. The number of nitrogens with zero attached hydrogens (tertiary/aromatic N) is 3. The molecule has 2 heterocycles. The Bertz CT molecular complexity index is 497. The highest BCUT2D eigenvalue weighted by molar-refractivity contribution is 5.84. The lowest BCUT2D eigenvalue weighted by Gasteiger charge is -2.36. The predicted molar refractivity (Wildman–Crippen MR) is 64.0 cm³/mol. The summed E-state index contributed by atoms with van der Waals surface area (Å²) in [5.74, 6) is -6.96. The van der Waals surface area contributed by atoms with E-state index in [2.05, 4.69) is 4.98 Å². The fourth-order valence-electron chi connectivity index (χ4n) is 2.00. The topological polar surface area (TPSA) is 36.4 Å². The molecule has 1 aliphatic rings. The molecule has 0 bridgehead atoms. The fraction of sp³-hybridized carbons (Fsp3) is 0.500. The number of carbonyl (C=O) groups is 1. The number of halogens is 5. The van der Waals surface area contributed by atoms with Gasteiger partial charge in [0.2, 0.25) is 0 Å². The van der Waals surface area contributed by atoms with E-state index in [1.165, 1.54) is 0 Å². The van der Waals surface area contributed by atoms with Crippen molar-refractivity contribution in [2.75, 3.05) is 31.1 Å². The monoisotopic (exact) mass is 309 g/mol. The largest absolute Gasteiger partial charge is 0.463 e. The van der Waals surface area contributed by atoms with Crippen LogP contribution in [0.2, 0.25) is 0 Å². The molecule has 1 aromatic rings. The maximum absolute atomic E-state index is 13.0. The number of hydrogen-bond donors (Lipinski definition) is 0. The van der Waals surface area contributed by atoms with E-state index in [9.17, 15) is 26.7 Å². The molecule has 0 saturated carbocycles. The van der Waals surface area contributed by atoms with Gasteiger partial charge in [0.25, 0.3) is 0 Å². The van der Waals surface area contributed by atoms with Gasteiger partial charge in [0, 0.05) is 32.4 Å². The van der Waals surface area contributed by atoms with Crippen LogP contribution in [-0.4, -0.2) is 54.1 Å². The van der Waals surface area contributed by atoms with Crippen LogP contribution in [0.3, 0.4) is 0 Å². The molecule has 1 aliphatic heterocycles. The number of piperazine rings is 1. The molecule has 1 amide bonds. The van der Waals surface area contributed by atoms with Gasteiger partial charge in [-0.1, -0.05) is 6.07 Å². The van der Waals surface area contributed by atoms with Crippen molar-refractivity contribution in [1.82, 2.24) is 9.88 Å². The van der Waals surface area contributed by atoms with Crippen LogP contribution in [0.15, 0.2) is 24.4 Å². The first-order valence-corrected chi connectivity index (χ1v) is 6.13. The Hall–Kier alpha value is -1.93. The first-order valence-electron chi connectivity index (χ1n) is 6.13. The maximum atomic E-state index is 13.0. The minimum atomic E-state index is -5.87. The highest BCUT2D eigenvalue weighted by Crippen LogP contribution is 2.37. The summed E-state index contributed by atoms with van der Waals surface area (Å²) in [7, 11) is 0. The molecule has 4 nitrogen and oxygen atoms in total. The lowest BCUT2D eigenvalue weighted by molar-refractivity contribution is -0.274. The van der Waals surface area contributed by atoms with Crippen LogP contribution in [0.4, 0.5) is 27.8 Å². The molecule has 0 unspecified atom stereocenters. The number of pyridine rings is 1. The zero-order valence-electron chi connectivity index (χ0n) is 10.8. The van der Waals surface area contributed by atoms with Gasteiger partial charge in [0.05, 0.1) is 0 Å². The molecule has 1 aromatic heterocycles. The van der Waals surface area contributed by atoms with Gasteiger partial charge in [0.15, 0.2) is 0 Å². The Morgan fingerprint density at radius 1 is 1.05 bits per heavy atom. The first kappa shape index (κ1) is 15.5. The van der Waals surface area contributed by atoms with Crippen molar-refractivity contribution in [2.45, 2.75) is 12.1 Å². The number of amides is 1. The summed E-state index contributed by atoms with van der Waals surface area (Å²) in [5, 5.41) is 0. The lowest BCUT2D eigenvalue weighted by Crippen LogP contribution is -2.57. The van der Waals surface area contributed by atoms with Gasteiger partial charge in [-0.3, -0.25) is 4.79 Å².